The Bertz CT molecular complexity index is 1900. The molecular formula is C29H22ClF5N7O2+. The van der Waals surface area contributed by atoms with Crippen LogP contribution in [-0.2, 0) is 6.18 Å². The van der Waals surface area contributed by atoms with Gasteiger partial charge in [-0.2, -0.15) is 23.0 Å². The average Bonchev–Trinajstić information content (AvgIpc) is 3.41. The molecule has 3 heterocycles. The molecular weight excluding hydrogens is 609 g/mol. The van der Waals surface area contributed by atoms with E-state index >= 15 is 4.39 Å². The number of hydrogen-bond donors (Lipinski definition) is 2. The summed E-state index contributed by atoms with van der Waals surface area (Å²) in [5, 5.41) is 23.1. The number of pyridine rings is 1. The van der Waals surface area contributed by atoms with E-state index in [2.05, 4.69) is 15.4 Å². The highest BCUT2D eigenvalue weighted by Gasteiger charge is 2.41. The third-order valence-corrected chi connectivity index (χ3v) is 7.76. The molecule has 1 aliphatic carbocycles. The number of carbonyl (C=O) groups excluding carboxylic acids is 1. The maximum absolute atomic E-state index is 15.4. The molecule has 0 unspecified atom stereocenters. The van der Waals surface area contributed by atoms with Crippen LogP contribution >= 0.6 is 11.6 Å². The number of H-pyrrole nitrogens is 1. The van der Waals surface area contributed by atoms with Crippen molar-refractivity contribution in [2.24, 2.45) is 11.7 Å². The van der Waals surface area contributed by atoms with E-state index in [0.29, 0.717) is 34.4 Å². The molecule has 1 aliphatic rings. The highest BCUT2D eigenvalue weighted by Crippen LogP contribution is 2.39. The summed E-state index contributed by atoms with van der Waals surface area (Å²) in [6, 6.07) is 8.92. The molecule has 1 atom stereocenters. The summed E-state index contributed by atoms with van der Waals surface area (Å²) in [7, 11) is 0. The van der Waals surface area contributed by atoms with E-state index in [1.54, 1.807) is 10.9 Å². The Morgan fingerprint density at radius 2 is 1.86 bits per heavy atom. The molecule has 226 valence electrons. The summed E-state index contributed by atoms with van der Waals surface area (Å²) in [6.07, 6.45) is 2.72. The molecule has 0 bridgehead atoms. The van der Waals surface area contributed by atoms with E-state index in [1.165, 1.54) is 48.7 Å². The topological polar surface area (TPSA) is 120 Å². The van der Waals surface area contributed by atoms with Gasteiger partial charge in [-0.25, -0.2) is 8.78 Å². The van der Waals surface area contributed by atoms with Crippen molar-refractivity contribution >= 4 is 17.5 Å². The number of halogens is 6. The number of nitrogens with zero attached hydrogens (tertiary/aromatic N) is 5. The zero-order chi connectivity index (χ0) is 31.3. The number of benzene rings is 2. The van der Waals surface area contributed by atoms with Crippen LogP contribution in [0.4, 0.5) is 22.0 Å². The number of nitrogens with two attached hydrogens (primary N) is 1. The lowest BCUT2D eigenvalue weighted by molar-refractivity contribution is -0.659. The third kappa shape index (κ3) is 5.60. The van der Waals surface area contributed by atoms with Crippen LogP contribution in [0.5, 0.6) is 0 Å². The van der Waals surface area contributed by atoms with Crippen LogP contribution in [0.1, 0.15) is 47.1 Å². The van der Waals surface area contributed by atoms with Crippen LogP contribution in [0.2, 0.25) is 5.02 Å². The predicted octanol–water partition coefficient (Wildman–Crippen LogP) is 5.29. The molecule has 5 aromatic rings. The van der Waals surface area contributed by atoms with Gasteiger partial charge in [-0.15, -0.1) is 4.68 Å². The van der Waals surface area contributed by atoms with Crippen molar-refractivity contribution in [2.45, 2.75) is 31.5 Å². The molecule has 0 aliphatic heterocycles. The van der Waals surface area contributed by atoms with Crippen molar-refractivity contribution in [3.63, 3.8) is 0 Å². The summed E-state index contributed by atoms with van der Waals surface area (Å²) in [5.41, 5.74) is 4.79. The standard InChI is InChI=1S/C29H21ClF5N7O2/c30-20-6-8-23(41-14-25(38-39-41)29(33,34)35)26(27(20)32)17-4-7-22(42(44)13-17)24(9-15-1-2-15)40-12-18(11-37-40)16-3-5-19(28(36)43)21(31)10-16/h3-8,10-15,24H,1-2,9H2,(H2,36,43)/p+1/t24-/m1/s1. The minimum atomic E-state index is -4.74. The Kier molecular flexibility index (Phi) is 7.32. The summed E-state index contributed by atoms with van der Waals surface area (Å²) in [4.78, 5) is 11.4. The Labute approximate surface area is 250 Å². The maximum Gasteiger partial charge on any atom is 0.464 e. The van der Waals surface area contributed by atoms with Crippen molar-refractivity contribution in [1.82, 2.24) is 20.1 Å². The summed E-state index contributed by atoms with van der Waals surface area (Å²) in [5.74, 6) is -2.26. The second-order valence-electron chi connectivity index (χ2n) is 10.5. The lowest BCUT2D eigenvalue weighted by Gasteiger charge is -2.18. The number of carbonyl (C=O) groups is 1. The van der Waals surface area contributed by atoms with E-state index in [4.69, 9.17) is 17.3 Å². The van der Waals surface area contributed by atoms with E-state index in [9.17, 15) is 27.6 Å². The first-order chi connectivity index (χ1) is 20.9. The molecule has 0 spiro atoms. The van der Waals surface area contributed by atoms with Gasteiger partial charge in [0, 0.05) is 17.8 Å². The molecule has 1 fully saturated rings. The monoisotopic (exact) mass is 630 g/mol. The molecule has 3 aromatic heterocycles. The number of alkyl halides is 3. The van der Waals surface area contributed by atoms with E-state index in [1.807, 2.05) is 0 Å². The highest BCUT2D eigenvalue weighted by atomic mass is 35.5. The molecule has 44 heavy (non-hydrogen) atoms. The smallest absolute Gasteiger partial charge is 0.464 e. The van der Waals surface area contributed by atoms with Crippen molar-refractivity contribution < 1.29 is 36.2 Å². The number of primary amides is 1. The maximum atomic E-state index is 15.4. The molecule has 6 rings (SSSR count). The van der Waals surface area contributed by atoms with Gasteiger partial charge in [0.25, 0.3) is 5.91 Å². The molecule has 1 amide bonds. The van der Waals surface area contributed by atoms with Crippen LogP contribution in [0.25, 0.3) is 27.9 Å². The number of aromatic amines is 1. The Balaban J connectivity index is 1.37. The van der Waals surface area contributed by atoms with Gasteiger partial charge >= 0.3 is 11.9 Å². The Hall–Kier alpha value is -4.85. The summed E-state index contributed by atoms with van der Waals surface area (Å²) < 4.78 is 72.4. The van der Waals surface area contributed by atoms with Gasteiger partial charge in [0.15, 0.2) is 23.9 Å². The van der Waals surface area contributed by atoms with Crippen molar-refractivity contribution in [1.29, 1.82) is 0 Å². The molecule has 0 radical (unpaired) electrons. The number of aromatic nitrogens is 6. The van der Waals surface area contributed by atoms with Gasteiger partial charge in [0.1, 0.15) is 11.9 Å². The number of rotatable bonds is 8. The van der Waals surface area contributed by atoms with Gasteiger partial charge in [-0.3, -0.25) is 9.48 Å². The minimum Gasteiger partial charge on any atom is -0.618 e. The van der Waals surface area contributed by atoms with Crippen LogP contribution in [-0.4, -0.2) is 26.0 Å². The minimum absolute atomic E-state index is 0.0523. The first-order valence-electron chi connectivity index (χ1n) is 13.3. The lowest BCUT2D eigenvalue weighted by Crippen LogP contribution is -2.36. The first kappa shape index (κ1) is 29.2. The fourth-order valence-electron chi connectivity index (χ4n) is 5.05. The summed E-state index contributed by atoms with van der Waals surface area (Å²) in [6.45, 7) is 0. The van der Waals surface area contributed by atoms with Crippen LogP contribution < -0.4 is 15.1 Å². The van der Waals surface area contributed by atoms with E-state index in [-0.39, 0.29) is 33.1 Å². The molecule has 1 saturated carbocycles. The predicted molar refractivity (Wildman–Crippen MR) is 146 cm³/mol. The average molecular weight is 631 g/mol. The molecule has 2 aromatic carbocycles. The number of nitrogens with one attached hydrogen (secondary N) is 1. The normalized spacial score (nSPS) is 14.1. The van der Waals surface area contributed by atoms with Crippen LogP contribution in [0.15, 0.2) is 67.3 Å². The summed E-state index contributed by atoms with van der Waals surface area (Å²) >= 11 is 6.02. The molecule has 0 saturated heterocycles. The fraction of sp³-hybridized carbons (Fsp3) is 0.207. The van der Waals surface area contributed by atoms with Crippen molar-refractivity contribution in [2.75, 3.05) is 0 Å². The SMILES string of the molecule is NC(=O)c1ccc(-c2cnn([C@H](CC3CC3)c3ccc(-c4c(-[n+]5cc(C(F)(F)F)n[nH]5)ccc(Cl)c4F)c[n+]3[O-])c2)cc1F. The van der Waals surface area contributed by atoms with Gasteiger partial charge in [-0.05, 0) is 48.2 Å². The third-order valence-electron chi connectivity index (χ3n) is 7.47. The van der Waals surface area contributed by atoms with Gasteiger partial charge in [0.05, 0.1) is 33.0 Å². The van der Waals surface area contributed by atoms with Crippen LogP contribution in [0.3, 0.4) is 0 Å². The van der Waals surface area contributed by atoms with Gasteiger partial charge in [0.2, 0.25) is 5.69 Å². The zero-order valence-corrected chi connectivity index (χ0v) is 23.3. The Morgan fingerprint density at radius 3 is 2.50 bits per heavy atom. The van der Waals surface area contributed by atoms with Crippen molar-refractivity contribution in [3.05, 3.63) is 106 Å². The van der Waals surface area contributed by atoms with E-state index in [0.717, 1.165) is 23.7 Å². The van der Waals surface area contributed by atoms with Gasteiger partial charge in [-0.1, -0.05) is 35.7 Å². The molecule has 15 heteroatoms. The second kappa shape index (κ2) is 11.0. The van der Waals surface area contributed by atoms with Crippen molar-refractivity contribution in [3.8, 4) is 27.9 Å². The quantitative estimate of drug-likeness (QED) is 0.138. The second-order valence-corrected chi connectivity index (χ2v) is 10.9. The first-order valence-corrected chi connectivity index (χ1v) is 13.7. The lowest BCUT2D eigenvalue weighted by atomic mass is 10.0. The largest absolute Gasteiger partial charge is 0.618 e. The fourth-order valence-corrected chi connectivity index (χ4v) is 5.20. The Morgan fingerprint density at radius 1 is 1.11 bits per heavy atom. The number of hydrogen-bond acceptors (Lipinski definition) is 4. The van der Waals surface area contributed by atoms with E-state index < -0.39 is 35.5 Å². The van der Waals surface area contributed by atoms with Gasteiger partial charge < -0.3 is 10.9 Å². The number of amides is 1. The molecule has 3 N–H and O–H groups in total. The van der Waals surface area contributed by atoms with Crippen LogP contribution in [0, 0.1) is 22.8 Å². The zero-order valence-electron chi connectivity index (χ0n) is 22.5. The molecule has 9 nitrogen and oxygen atoms in total. The highest BCUT2D eigenvalue weighted by molar-refractivity contribution is 6.31.